The number of nitrogens with one attached hydrogen (secondary N) is 3. The van der Waals surface area contributed by atoms with Crippen LogP contribution in [0.25, 0.3) is 16.2 Å². The number of hydrogen-bond donors (Lipinski definition) is 4. The molecule has 0 spiro atoms. The number of ether oxygens (including phenoxy) is 1. The molecule has 4 aromatic rings. The zero-order valence-corrected chi connectivity index (χ0v) is 27.5. The number of aromatic nitrogens is 1. The maximum Gasteiger partial charge on any atom is 0.255 e. The topological polar surface area (TPSA) is 118 Å². The number of nitrogens with zero attached hydrogens (tertiary/aromatic N) is 1. The molecule has 0 saturated heterocycles. The van der Waals surface area contributed by atoms with Crippen molar-refractivity contribution in [3.8, 4) is 17.0 Å². The second-order valence-corrected chi connectivity index (χ2v) is 13.3. The van der Waals surface area contributed by atoms with E-state index in [9.17, 15) is 9.59 Å². The average molecular weight is 652 g/mol. The number of nitrogens with two attached hydrogens (primary N) is 1. The fraction of sp³-hybridized carbons (Fsp3) is 0.250. The first-order valence-electron chi connectivity index (χ1n) is 15.4. The van der Waals surface area contributed by atoms with Crippen LogP contribution in [0.1, 0.15) is 47.1 Å². The van der Waals surface area contributed by atoms with Gasteiger partial charge in [-0.25, -0.2) is 4.98 Å². The van der Waals surface area contributed by atoms with Crippen LogP contribution in [0.2, 0.25) is 0 Å². The summed E-state index contributed by atoms with van der Waals surface area (Å²) in [6.07, 6.45) is 5.61. The summed E-state index contributed by atoms with van der Waals surface area (Å²) in [4.78, 5) is 32.3. The van der Waals surface area contributed by atoms with Crippen LogP contribution in [0.4, 0.5) is 11.4 Å². The number of rotatable bonds is 11. The van der Waals surface area contributed by atoms with E-state index in [4.69, 9.17) is 15.5 Å². The Hall–Kier alpha value is -4.54. The number of benzene rings is 3. The van der Waals surface area contributed by atoms with Gasteiger partial charge in [0.15, 0.2) is 0 Å². The molecule has 1 aromatic heterocycles. The van der Waals surface area contributed by atoms with Crippen LogP contribution < -0.4 is 26.4 Å². The lowest BCUT2D eigenvalue weighted by atomic mass is 9.70. The van der Waals surface area contributed by atoms with Gasteiger partial charge < -0.3 is 26.4 Å². The first-order valence-corrected chi connectivity index (χ1v) is 17.1. The zero-order valence-electron chi connectivity index (χ0n) is 25.8. The van der Waals surface area contributed by atoms with Gasteiger partial charge in [-0.05, 0) is 86.2 Å². The molecule has 2 heterocycles. The number of carbonyl (C=O) groups is 2. The molecule has 236 valence electrons. The predicted octanol–water partition coefficient (Wildman–Crippen LogP) is 7.29. The molecular weight excluding hydrogens is 615 g/mol. The third kappa shape index (κ3) is 7.29. The Morgan fingerprint density at radius 1 is 1.02 bits per heavy atom. The Bertz CT molecular complexity index is 1800. The summed E-state index contributed by atoms with van der Waals surface area (Å²) in [6.45, 7) is 2.86. The summed E-state index contributed by atoms with van der Waals surface area (Å²) in [7, 11) is 1.58. The van der Waals surface area contributed by atoms with Gasteiger partial charge >= 0.3 is 0 Å². The first-order chi connectivity index (χ1) is 22.4. The van der Waals surface area contributed by atoms with Crippen LogP contribution in [0, 0.1) is 11.8 Å². The van der Waals surface area contributed by atoms with Crippen molar-refractivity contribution in [2.24, 2.45) is 11.8 Å². The van der Waals surface area contributed by atoms with Gasteiger partial charge in [-0.1, -0.05) is 42.1 Å². The van der Waals surface area contributed by atoms with Gasteiger partial charge in [0.2, 0.25) is 5.91 Å². The van der Waals surface area contributed by atoms with Crippen molar-refractivity contribution in [2.45, 2.75) is 32.6 Å². The molecule has 6 rings (SSSR count). The van der Waals surface area contributed by atoms with Gasteiger partial charge in [-0.3, -0.25) is 9.59 Å². The standard InChI is InChI=1S/C36H37N5O3S2/c1-3-38-30-16-17-32(41-35(43)29-15-12-23(29)18-22-10-13-26(37)14-11-22)46-33(30)36-40-31(21-45-36)24-6-4-8-27(19-24)39-34(42)25-7-5-9-28(20-25)44-2/h4-11,13-14,17,19-21,23,29,38H,3,12,15-16,18,37H2,1-2H3,(H,39,42)(H,41,43). The van der Waals surface area contributed by atoms with E-state index in [2.05, 4.69) is 41.1 Å². The third-order valence-corrected chi connectivity index (χ3v) is 10.4. The molecule has 5 N–H and O–H groups in total. The van der Waals surface area contributed by atoms with E-state index in [0.29, 0.717) is 29.3 Å². The van der Waals surface area contributed by atoms with Crippen molar-refractivity contribution >= 4 is 51.2 Å². The van der Waals surface area contributed by atoms with Crippen molar-refractivity contribution in [1.82, 2.24) is 15.6 Å². The largest absolute Gasteiger partial charge is 0.497 e. The predicted molar refractivity (Wildman–Crippen MR) is 188 cm³/mol. The minimum absolute atomic E-state index is 0.00444. The molecule has 2 amide bonds. The van der Waals surface area contributed by atoms with Crippen molar-refractivity contribution in [2.75, 3.05) is 24.7 Å². The first kappa shape index (κ1) is 31.4. The van der Waals surface area contributed by atoms with Crippen molar-refractivity contribution in [1.29, 1.82) is 0 Å². The van der Waals surface area contributed by atoms with E-state index in [1.54, 1.807) is 54.5 Å². The second kappa shape index (κ2) is 14.3. The number of anilines is 2. The highest BCUT2D eigenvalue weighted by Crippen LogP contribution is 2.43. The van der Waals surface area contributed by atoms with E-state index >= 15 is 0 Å². The summed E-state index contributed by atoms with van der Waals surface area (Å²) in [5.41, 5.74) is 11.8. The minimum atomic E-state index is -0.214. The highest BCUT2D eigenvalue weighted by atomic mass is 32.2. The molecule has 1 aliphatic carbocycles. The van der Waals surface area contributed by atoms with Crippen LogP contribution in [0.15, 0.2) is 95.0 Å². The molecule has 10 heteroatoms. The fourth-order valence-corrected chi connectivity index (χ4v) is 7.69. The summed E-state index contributed by atoms with van der Waals surface area (Å²) >= 11 is 3.12. The van der Waals surface area contributed by atoms with Crippen molar-refractivity contribution < 1.29 is 14.3 Å². The minimum Gasteiger partial charge on any atom is -0.497 e. The lowest BCUT2D eigenvalue weighted by Gasteiger charge is -2.36. The van der Waals surface area contributed by atoms with Crippen molar-refractivity contribution in [3.63, 3.8) is 0 Å². The number of allylic oxidation sites excluding steroid dienone is 1. The summed E-state index contributed by atoms with van der Waals surface area (Å²) in [6, 6.07) is 22.7. The van der Waals surface area contributed by atoms with E-state index < -0.39 is 0 Å². The molecule has 1 fully saturated rings. The van der Waals surface area contributed by atoms with E-state index in [1.807, 2.05) is 41.8 Å². The van der Waals surface area contributed by atoms with Gasteiger partial charge in [0.1, 0.15) is 10.8 Å². The quantitative estimate of drug-likeness (QED) is 0.126. The van der Waals surface area contributed by atoms with Gasteiger partial charge in [0, 0.05) is 52.5 Å². The third-order valence-electron chi connectivity index (χ3n) is 8.29. The molecular formula is C36H37N5O3S2. The molecule has 1 aliphatic heterocycles. The maximum absolute atomic E-state index is 13.4. The maximum atomic E-state index is 13.4. The van der Waals surface area contributed by atoms with Crippen LogP contribution in [0.5, 0.6) is 5.75 Å². The average Bonchev–Trinajstić information content (AvgIpc) is 3.55. The summed E-state index contributed by atoms with van der Waals surface area (Å²) in [5, 5.41) is 13.5. The Kier molecular flexibility index (Phi) is 9.75. The normalized spacial score (nSPS) is 17.5. The van der Waals surface area contributed by atoms with Gasteiger partial charge in [0.25, 0.3) is 5.91 Å². The lowest BCUT2D eigenvalue weighted by molar-refractivity contribution is -0.129. The molecule has 0 bridgehead atoms. The molecule has 1 saturated carbocycles. The van der Waals surface area contributed by atoms with Crippen molar-refractivity contribution in [3.05, 3.63) is 111 Å². The number of thioether (sulfide) groups is 1. The second-order valence-electron chi connectivity index (χ2n) is 11.4. The number of thiazole rings is 1. The molecule has 2 aliphatic rings. The Morgan fingerprint density at radius 2 is 1.85 bits per heavy atom. The number of amides is 2. The van der Waals surface area contributed by atoms with E-state index in [-0.39, 0.29) is 17.7 Å². The number of methoxy groups -OCH3 is 1. The Balaban J connectivity index is 1.12. The summed E-state index contributed by atoms with van der Waals surface area (Å²) < 4.78 is 5.25. The zero-order chi connectivity index (χ0) is 32.0. The highest BCUT2D eigenvalue weighted by molar-refractivity contribution is 8.12. The molecule has 2 atom stereocenters. The molecule has 2 unspecified atom stereocenters. The Labute approximate surface area is 277 Å². The van der Waals surface area contributed by atoms with Crippen LogP contribution in [-0.4, -0.2) is 30.5 Å². The Morgan fingerprint density at radius 3 is 2.61 bits per heavy atom. The van der Waals surface area contributed by atoms with Crippen LogP contribution >= 0.6 is 23.1 Å². The SMILES string of the molecule is CCNC1=C(c2nc(-c3cccc(NC(=O)c4cccc(OC)c4)c3)cs2)SC(NC(=O)C2CCC2Cc2ccc(N)cc2)=CC1. The molecule has 3 aromatic carbocycles. The number of hydrogen-bond acceptors (Lipinski definition) is 8. The number of nitrogen functional groups attached to an aromatic ring is 1. The summed E-state index contributed by atoms with van der Waals surface area (Å²) in [5.74, 6) is 0.841. The number of carbonyl (C=O) groups excluding carboxylic acids is 2. The lowest BCUT2D eigenvalue weighted by Crippen LogP contribution is -2.41. The molecule has 0 radical (unpaired) electrons. The fourth-order valence-electron chi connectivity index (χ4n) is 5.68. The monoisotopic (exact) mass is 651 g/mol. The van der Waals surface area contributed by atoms with E-state index in [1.165, 1.54) is 5.56 Å². The smallest absolute Gasteiger partial charge is 0.255 e. The highest BCUT2D eigenvalue weighted by Gasteiger charge is 2.37. The van der Waals surface area contributed by atoms with Gasteiger partial charge in [0.05, 0.1) is 22.7 Å². The molecule has 8 nitrogen and oxygen atoms in total. The van der Waals surface area contributed by atoms with Gasteiger partial charge in [-0.15, -0.1) is 11.3 Å². The van der Waals surface area contributed by atoms with Crippen LogP contribution in [-0.2, 0) is 11.2 Å². The van der Waals surface area contributed by atoms with Gasteiger partial charge in [-0.2, -0.15) is 0 Å². The van der Waals surface area contributed by atoms with E-state index in [0.717, 1.165) is 63.4 Å². The van der Waals surface area contributed by atoms with Crippen LogP contribution in [0.3, 0.4) is 0 Å². The molecule has 46 heavy (non-hydrogen) atoms.